The molecule has 0 aromatic carbocycles. The predicted molar refractivity (Wildman–Crippen MR) is 97.2 cm³/mol. The molecule has 0 aliphatic carbocycles. The Kier molecular flexibility index (Phi) is 5.49. The summed E-state index contributed by atoms with van der Waals surface area (Å²) in [6, 6.07) is 5.85. The Balaban J connectivity index is 1.55. The van der Waals surface area contributed by atoms with E-state index < -0.39 is 11.2 Å². The van der Waals surface area contributed by atoms with Crippen LogP contribution in [-0.2, 0) is 17.7 Å². The molecule has 2 aromatic rings. The Bertz CT molecular complexity index is 746. The van der Waals surface area contributed by atoms with E-state index in [4.69, 9.17) is 5.73 Å². The van der Waals surface area contributed by atoms with Crippen molar-refractivity contribution in [3.8, 4) is 0 Å². The second kappa shape index (κ2) is 7.97. The Morgan fingerprint density at radius 1 is 1.25 bits per heavy atom. The lowest BCUT2D eigenvalue weighted by Crippen LogP contribution is -2.36. The van der Waals surface area contributed by atoms with Crippen molar-refractivity contribution in [2.75, 3.05) is 18.0 Å². The normalized spacial score (nSPS) is 16.6. The van der Waals surface area contributed by atoms with Crippen LogP contribution >= 0.6 is 11.3 Å². The van der Waals surface area contributed by atoms with Gasteiger partial charge in [-0.1, -0.05) is 6.07 Å². The molecule has 0 bridgehead atoms. The average molecular weight is 363 g/mol. The molecule has 1 aliphatic rings. The molecule has 3 N–H and O–H groups in total. The van der Waals surface area contributed by atoms with Gasteiger partial charge in [-0.15, -0.1) is 20.1 Å². The first-order valence-electron chi connectivity index (χ1n) is 7.36. The van der Waals surface area contributed by atoms with E-state index in [0.717, 1.165) is 23.8 Å². The van der Waals surface area contributed by atoms with Crippen molar-refractivity contribution in [2.24, 2.45) is 14.5 Å². The van der Waals surface area contributed by atoms with Gasteiger partial charge in [0.25, 0.3) is 11.2 Å². The lowest BCUT2D eigenvalue weighted by atomic mass is 10.3. The molecule has 0 saturated carbocycles. The molecular weight excluding hydrogens is 346 g/mol. The number of hydrogen-bond acceptors (Lipinski definition) is 7. The molecule has 0 fully saturated rings. The molecule has 10 heteroatoms. The second-order valence-corrected chi connectivity index (χ2v) is 6.77. The number of amidine groups is 2. The minimum Gasteiger partial charge on any atom is -0.380 e. The highest BCUT2D eigenvalue weighted by atomic mass is 32.2. The highest BCUT2D eigenvalue weighted by Gasteiger charge is 2.15. The van der Waals surface area contributed by atoms with Gasteiger partial charge in [0, 0.05) is 30.9 Å². The molecule has 1 aliphatic heterocycles. The van der Waals surface area contributed by atoms with Crippen molar-refractivity contribution in [1.82, 2.24) is 15.3 Å². The Morgan fingerprint density at radius 3 is 2.83 bits per heavy atom. The fourth-order valence-electron chi connectivity index (χ4n) is 2.18. The molecule has 0 amide bonds. The van der Waals surface area contributed by atoms with Gasteiger partial charge in [0.2, 0.25) is 0 Å². The average Bonchev–Trinajstić information content (AvgIpc) is 3.20. The van der Waals surface area contributed by atoms with Crippen molar-refractivity contribution in [2.45, 2.75) is 13.0 Å². The predicted octanol–water partition coefficient (Wildman–Crippen LogP) is 0.872. The lowest BCUT2D eigenvalue weighted by molar-refractivity contribution is 0.686. The lowest BCUT2D eigenvalue weighted by Gasteiger charge is -2.22. The maximum atomic E-state index is 11.2. The van der Waals surface area contributed by atoms with Gasteiger partial charge in [-0.25, -0.2) is 14.2 Å². The van der Waals surface area contributed by atoms with Crippen molar-refractivity contribution in [3.63, 3.8) is 0 Å². The molecule has 1 atom stereocenters. The number of nitrogens with one attached hydrogen (secondary N) is 1. The summed E-state index contributed by atoms with van der Waals surface area (Å²) < 4.78 is 18.6. The minimum atomic E-state index is -1.59. The SMILES string of the molecule is NC1=NS(=O)N=C1NCCCN(Cc1nccs1)c1ccccn1. The maximum Gasteiger partial charge on any atom is 0.269 e. The van der Waals surface area contributed by atoms with Gasteiger partial charge in [0.1, 0.15) is 10.8 Å². The summed E-state index contributed by atoms with van der Waals surface area (Å²) in [7, 11) is 0. The van der Waals surface area contributed by atoms with Gasteiger partial charge < -0.3 is 16.0 Å². The van der Waals surface area contributed by atoms with E-state index in [1.165, 1.54) is 0 Å². The highest BCUT2D eigenvalue weighted by molar-refractivity contribution is 7.83. The van der Waals surface area contributed by atoms with Gasteiger partial charge in [-0.2, -0.15) is 0 Å². The standard InChI is InChI=1S/C14H17N7OS2/c15-13-14(20-24(22)19-13)18-6-3-8-21(10-12-17-7-9-23-12)11-4-1-2-5-16-11/h1-2,4-5,7,9H,3,6,8,10H2,(H2,15,19)(H,18,20). The number of rotatable bonds is 7. The summed E-state index contributed by atoms with van der Waals surface area (Å²) in [6.45, 7) is 2.15. The zero-order chi connectivity index (χ0) is 16.8. The molecule has 3 rings (SSSR count). The van der Waals surface area contributed by atoms with Gasteiger partial charge in [-0.05, 0) is 18.6 Å². The van der Waals surface area contributed by atoms with E-state index in [9.17, 15) is 4.21 Å². The summed E-state index contributed by atoms with van der Waals surface area (Å²) in [5.41, 5.74) is 5.63. The Morgan fingerprint density at radius 2 is 2.17 bits per heavy atom. The number of thiazole rings is 1. The molecule has 8 nitrogen and oxygen atoms in total. The van der Waals surface area contributed by atoms with E-state index in [1.807, 2.05) is 23.6 Å². The van der Waals surface area contributed by atoms with Gasteiger partial charge in [0.15, 0.2) is 11.7 Å². The van der Waals surface area contributed by atoms with Crippen LogP contribution in [-0.4, -0.2) is 38.9 Å². The first kappa shape index (κ1) is 16.5. The number of pyridine rings is 1. The van der Waals surface area contributed by atoms with Crippen LogP contribution in [0.15, 0.2) is 44.8 Å². The van der Waals surface area contributed by atoms with Crippen LogP contribution in [0.1, 0.15) is 11.4 Å². The molecule has 126 valence electrons. The van der Waals surface area contributed by atoms with Crippen LogP contribution in [0.4, 0.5) is 5.82 Å². The zero-order valence-electron chi connectivity index (χ0n) is 12.8. The van der Waals surface area contributed by atoms with Crippen LogP contribution in [0.5, 0.6) is 0 Å². The molecule has 3 heterocycles. The number of anilines is 1. The summed E-state index contributed by atoms with van der Waals surface area (Å²) >= 11 is 0.0370. The summed E-state index contributed by atoms with van der Waals surface area (Å²) in [5.74, 6) is 1.50. The van der Waals surface area contributed by atoms with E-state index in [0.29, 0.717) is 18.9 Å². The highest BCUT2D eigenvalue weighted by Crippen LogP contribution is 2.15. The number of nitrogens with two attached hydrogens (primary N) is 1. The van der Waals surface area contributed by atoms with Crippen molar-refractivity contribution >= 4 is 40.0 Å². The second-order valence-electron chi connectivity index (χ2n) is 4.96. The van der Waals surface area contributed by atoms with Crippen molar-refractivity contribution < 1.29 is 4.21 Å². The van der Waals surface area contributed by atoms with Crippen LogP contribution < -0.4 is 16.0 Å². The van der Waals surface area contributed by atoms with Crippen molar-refractivity contribution in [3.05, 3.63) is 41.0 Å². The number of aromatic nitrogens is 2. The molecule has 2 aromatic heterocycles. The fraction of sp³-hybridized carbons (Fsp3) is 0.286. The molecule has 0 radical (unpaired) electrons. The molecule has 1 unspecified atom stereocenters. The van der Waals surface area contributed by atoms with Crippen LogP contribution in [0.3, 0.4) is 0 Å². The van der Waals surface area contributed by atoms with Gasteiger partial charge in [-0.3, -0.25) is 0 Å². The van der Waals surface area contributed by atoms with E-state index in [-0.39, 0.29) is 5.84 Å². The molecule has 0 spiro atoms. The summed E-state index contributed by atoms with van der Waals surface area (Å²) in [4.78, 5) is 10.9. The first-order chi connectivity index (χ1) is 11.7. The van der Waals surface area contributed by atoms with E-state index >= 15 is 0 Å². The van der Waals surface area contributed by atoms with Crippen molar-refractivity contribution in [1.29, 1.82) is 0 Å². The fourth-order valence-corrected chi connectivity index (χ4v) is 3.42. The third-order valence-electron chi connectivity index (χ3n) is 3.27. The third kappa shape index (κ3) is 4.36. The molecule has 24 heavy (non-hydrogen) atoms. The first-order valence-corrected chi connectivity index (χ1v) is 9.30. The topological polar surface area (TPSA) is 109 Å². The van der Waals surface area contributed by atoms with Gasteiger partial charge in [0.05, 0.1) is 6.54 Å². The quantitative estimate of drug-likeness (QED) is 0.707. The third-order valence-corrected chi connectivity index (χ3v) is 4.72. The molecule has 0 saturated heterocycles. The largest absolute Gasteiger partial charge is 0.380 e. The number of nitrogens with zero attached hydrogens (tertiary/aromatic N) is 5. The zero-order valence-corrected chi connectivity index (χ0v) is 14.5. The molecular formula is C14H17N7OS2. The van der Waals surface area contributed by atoms with Gasteiger partial charge >= 0.3 is 0 Å². The maximum absolute atomic E-state index is 11.2. The smallest absolute Gasteiger partial charge is 0.269 e. The summed E-state index contributed by atoms with van der Waals surface area (Å²) in [5, 5.41) is 6.08. The van der Waals surface area contributed by atoms with E-state index in [2.05, 4.69) is 29.0 Å². The summed E-state index contributed by atoms with van der Waals surface area (Å²) in [6.07, 6.45) is 4.42. The monoisotopic (exact) mass is 363 g/mol. The van der Waals surface area contributed by atoms with E-state index in [1.54, 1.807) is 23.7 Å². The Labute approximate surface area is 146 Å². The minimum absolute atomic E-state index is 0.192. The van der Waals surface area contributed by atoms with Crippen LogP contribution in [0.25, 0.3) is 0 Å². The number of hydrogen-bond donors (Lipinski definition) is 2. The van der Waals surface area contributed by atoms with Crippen LogP contribution in [0, 0.1) is 0 Å². The van der Waals surface area contributed by atoms with Crippen LogP contribution in [0.2, 0.25) is 0 Å². The Hall–Kier alpha value is -2.33.